The molecule has 0 atom stereocenters. The summed E-state index contributed by atoms with van der Waals surface area (Å²) in [6, 6.07) is 5.36. The molecule has 0 aliphatic carbocycles. The monoisotopic (exact) mass is 262 g/mol. The largest absolute Gasteiger partial charge is 0.467 e. The number of hydrogen-bond acceptors (Lipinski definition) is 5. The number of carbonyl (C=O) groups is 1. The first-order valence-electron chi connectivity index (χ1n) is 5.92. The van der Waals surface area contributed by atoms with E-state index < -0.39 is 5.91 Å². The maximum Gasteiger partial charge on any atom is 0.263 e. The maximum absolute atomic E-state index is 11.7. The van der Waals surface area contributed by atoms with Crippen LogP contribution in [0, 0.1) is 11.3 Å². The maximum atomic E-state index is 11.7. The van der Waals surface area contributed by atoms with E-state index in [-0.39, 0.29) is 12.1 Å². The van der Waals surface area contributed by atoms with Crippen molar-refractivity contribution in [1.29, 1.82) is 5.26 Å². The lowest BCUT2D eigenvalue weighted by Gasteiger charge is -2.09. The van der Waals surface area contributed by atoms with Crippen molar-refractivity contribution in [1.82, 2.24) is 15.5 Å². The van der Waals surface area contributed by atoms with Gasteiger partial charge in [0, 0.05) is 19.3 Å². The van der Waals surface area contributed by atoms with Gasteiger partial charge in [0.1, 0.15) is 17.4 Å². The molecule has 0 saturated heterocycles. The lowest BCUT2D eigenvalue weighted by atomic mass is 10.3. The van der Waals surface area contributed by atoms with Crippen LogP contribution < -0.4 is 10.6 Å². The number of likely N-dealkylation sites (N-methyl/N-ethyl adjacent to an activating group) is 1. The second-order valence-corrected chi connectivity index (χ2v) is 4.19. The van der Waals surface area contributed by atoms with E-state index >= 15 is 0 Å². The van der Waals surface area contributed by atoms with Crippen LogP contribution in [-0.2, 0) is 11.3 Å². The molecule has 1 aromatic heterocycles. The summed E-state index contributed by atoms with van der Waals surface area (Å²) in [6.07, 6.45) is 2.96. The SMILES string of the molecule is CN(C)CCN/C=C(/C#N)C(=O)NCc1ccco1. The average molecular weight is 262 g/mol. The Hall–Kier alpha value is -2.26. The van der Waals surface area contributed by atoms with Gasteiger partial charge in [-0.1, -0.05) is 0 Å². The second-order valence-electron chi connectivity index (χ2n) is 4.19. The molecule has 0 radical (unpaired) electrons. The molecule has 19 heavy (non-hydrogen) atoms. The molecule has 0 aliphatic heterocycles. The molecule has 0 aromatic carbocycles. The van der Waals surface area contributed by atoms with E-state index in [0.29, 0.717) is 12.3 Å². The van der Waals surface area contributed by atoms with Crippen LogP contribution in [0.1, 0.15) is 5.76 Å². The Morgan fingerprint density at radius 3 is 2.95 bits per heavy atom. The minimum atomic E-state index is -0.420. The number of hydrogen-bond donors (Lipinski definition) is 2. The third-order valence-electron chi connectivity index (χ3n) is 2.32. The minimum Gasteiger partial charge on any atom is -0.467 e. The van der Waals surface area contributed by atoms with Crippen molar-refractivity contribution in [3.05, 3.63) is 35.9 Å². The van der Waals surface area contributed by atoms with Crippen LogP contribution in [0.15, 0.2) is 34.6 Å². The van der Waals surface area contributed by atoms with Gasteiger partial charge < -0.3 is 20.0 Å². The Morgan fingerprint density at radius 2 is 2.37 bits per heavy atom. The van der Waals surface area contributed by atoms with Crippen molar-refractivity contribution >= 4 is 5.91 Å². The first-order valence-corrected chi connectivity index (χ1v) is 5.92. The highest BCUT2D eigenvalue weighted by Crippen LogP contribution is 1.99. The molecule has 2 N–H and O–H groups in total. The molecule has 6 heteroatoms. The van der Waals surface area contributed by atoms with Crippen molar-refractivity contribution in [2.45, 2.75) is 6.54 Å². The summed E-state index contributed by atoms with van der Waals surface area (Å²) in [6.45, 7) is 1.76. The van der Waals surface area contributed by atoms with E-state index in [1.165, 1.54) is 12.5 Å². The average Bonchev–Trinajstić information content (AvgIpc) is 2.89. The summed E-state index contributed by atoms with van der Waals surface area (Å²) in [7, 11) is 3.90. The standard InChI is InChI=1S/C13H18N4O2/c1-17(2)6-5-15-9-11(8-14)13(18)16-10-12-4-3-7-19-12/h3-4,7,9,15H,5-6,10H2,1-2H3,(H,16,18)/b11-9-. The molecule has 0 spiro atoms. The highest BCUT2D eigenvalue weighted by molar-refractivity contribution is 5.96. The smallest absolute Gasteiger partial charge is 0.263 e. The lowest BCUT2D eigenvalue weighted by Crippen LogP contribution is -2.27. The summed E-state index contributed by atoms with van der Waals surface area (Å²) in [5.41, 5.74) is 0.0466. The van der Waals surface area contributed by atoms with E-state index in [0.717, 1.165) is 6.54 Å². The van der Waals surface area contributed by atoms with Gasteiger partial charge in [-0.2, -0.15) is 5.26 Å². The van der Waals surface area contributed by atoms with Gasteiger partial charge in [0.25, 0.3) is 5.91 Å². The van der Waals surface area contributed by atoms with Crippen LogP contribution in [0.4, 0.5) is 0 Å². The fourth-order valence-corrected chi connectivity index (χ4v) is 1.29. The van der Waals surface area contributed by atoms with E-state index in [1.807, 2.05) is 25.1 Å². The molecule has 1 heterocycles. The molecule has 102 valence electrons. The molecule has 0 saturated carbocycles. The topological polar surface area (TPSA) is 81.3 Å². The van der Waals surface area contributed by atoms with Gasteiger partial charge >= 0.3 is 0 Å². The van der Waals surface area contributed by atoms with Gasteiger partial charge in [0.15, 0.2) is 0 Å². The Bertz CT molecular complexity index is 457. The number of rotatable bonds is 7. The van der Waals surface area contributed by atoms with Crippen molar-refractivity contribution < 1.29 is 9.21 Å². The van der Waals surface area contributed by atoms with Crippen molar-refractivity contribution in [3.8, 4) is 6.07 Å². The summed E-state index contributed by atoms with van der Waals surface area (Å²) in [5.74, 6) is 0.224. The third kappa shape index (κ3) is 5.75. The fraction of sp³-hybridized carbons (Fsp3) is 0.385. The zero-order chi connectivity index (χ0) is 14.1. The number of carbonyl (C=O) groups excluding carboxylic acids is 1. The zero-order valence-corrected chi connectivity index (χ0v) is 11.1. The zero-order valence-electron chi connectivity index (χ0n) is 11.1. The molecule has 6 nitrogen and oxygen atoms in total. The summed E-state index contributed by atoms with van der Waals surface area (Å²) in [5, 5.41) is 14.5. The number of nitrogens with zero attached hydrogens (tertiary/aromatic N) is 2. The Labute approximate surface area is 112 Å². The van der Waals surface area contributed by atoms with Gasteiger partial charge in [-0.25, -0.2) is 0 Å². The van der Waals surface area contributed by atoms with E-state index in [4.69, 9.17) is 9.68 Å². The molecule has 0 bridgehead atoms. The predicted octanol–water partition coefficient (Wildman–Crippen LogP) is 0.454. The first kappa shape index (κ1) is 14.8. The van der Waals surface area contributed by atoms with Crippen LogP contribution in [0.25, 0.3) is 0 Å². The normalized spacial score (nSPS) is 11.2. The number of nitrogens with one attached hydrogen (secondary N) is 2. The van der Waals surface area contributed by atoms with Crippen LogP contribution in [0.5, 0.6) is 0 Å². The van der Waals surface area contributed by atoms with E-state index in [1.54, 1.807) is 12.1 Å². The quantitative estimate of drug-likeness (QED) is 0.424. The lowest BCUT2D eigenvalue weighted by molar-refractivity contribution is -0.117. The van der Waals surface area contributed by atoms with E-state index in [2.05, 4.69) is 10.6 Å². The molecule has 1 rings (SSSR count). The van der Waals surface area contributed by atoms with Crippen molar-refractivity contribution in [2.75, 3.05) is 27.2 Å². The summed E-state index contributed by atoms with van der Waals surface area (Å²) in [4.78, 5) is 13.7. The highest BCUT2D eigenvalue weighted by Gasteiger charge is 2.08. The molecular formula is C13H18N4O2. The van der Waals surface area contributed by atoms with Crippen LogP contribution >= 0.6 is 0 Å². The minimum absolute atomic E-state index is 0.0466. The molecule has 1 amide bonds. The number of amides is 1. The summed E-state index contributed by atoms with van der Waals surface area (Å²) >= 11 is 0. The van der Waals surface area contributed by atoms with Gasteiger partial charge in [-0.15, -0.1) is 0 Å². The Morgan fingerprint density at radius 1 is 1.58 bits per heavy atom. The third-order valence-corrected chi connectivity index (χ3v) is 2.32. The highest BCUT2D eigenvalue weighted by atomic mass is 16.3. The van der Waals surface area contributed by atoms with Crippen molar-refractivity contribution in [3.63, 3.8) is 0 Å². The first-order chi connectivity index (χ1) is 9.13. The van der Waals surface area contributed by atoms with E-state index in [9.17, 15) is 4.79 Å². The Kier molecular flexibility index (Phi) is 6.19. The van der Waals surface area contributed by atoms with Crippen LogP contribution in [-0.4, -0.2) is 38.0 Å². The predicted molar refractivity (Wildman–Crippen MR) is 70.8 cm³/mol. The van der Waals surface area contributed by atoms with Gasteiger partial charge in [-0.05, 0) is 26.2 Å². The second kappa shape index (κ2) is 7.95. The molecule has 0 aliphatic rings. The van der Waals surface area contributed by atoms with Crippen LogP contribution in [0.2, 0.25) is 0 Å². The fourth-order valence-electron chi connectivity index (χ4n) is 1.29. The van der Waals surface area contributed by atoms with Crippen molar-refractivity contribution in [2.24, 2.45) is 0 Å². The van der Waals surface area contributed by atoms with Gasteiger partial charge in [-0.3, -0.25) is 4.79 Å². The Balaban J connectivity index is 2.38. The molecular weight excluding hydrogens is 244 g/mol. The van der Waals surface area contributed by atoms with Gasteiger partial charge in [0.2, 0.25) is 0 Å². The summed E-state index contributed by atoms with van der Waals surface area (Å²) < 4.78 is 5.08. The number of nitriles is 1. The van der Waals surface area contributed by atoms with Crippen LogP contribution in [0.3, 0.4) is 0 Å². The molecule has 0 unspecified atom stereocenters. The molecule has 1 aromatic rings. The molecule has 0 fully saturated rings. The number of furan rings is 1. The van der Waals surface area contributed by atoms with Gasteiger partial charge in [0.05, 0.1) is 12.8 Å².